The zero-order valence-electron chi connectivity index (χ0n) is 9.98. The highest BCUT2D eigenvalue weighted by molar-refractivity contribution is 4.88. The van der Waals surface area contributed by atoms with Gasteiger partial charge in [0, 0.05) is 26.2 Å². The van der Waals surface area contributed by atoms with Crippen molar-refractivity contribution in [3.05, 3.63) is 0 Å². The Hall–Kier alpha value is -0.120. The predicted octanol–water partition coefficient (Wildman–Crippen LogP) is 1.08. The normalized spacial score (nSPS) is 35.4. The minimum Gasteiger partial charge on any atom is -0.380 e. The molecule has 0 aromatic heterocycles. The summed E-state index contributed by atoms with van der Waals surface area (Å²) in [6.07, 6.45) is 4.35. The SMILES string of the molecule is COC1CN(CC(N)C2CC2)CCC1C. The van der Waals surface area contributed by atoms with Crippen molar-refractivity contribution in [1.29, 1.82) is 0 Å². The van der Waals surface area contributed by atoms with E-state index < -0.39 is 0 Å². The molecule has 1 aliphatic heterocycles. The Morgan fingerprint density at radius 3 is 2.73 bits per heavy atom. The predicted molar refractivity (Wildman–Crippen MR) is 61.7 cm³/mol. The molecule has 2 aliphatic rings. The van der Waals surface area contributed by atoms with Gasteiger partial charge in [0.25, 0.3) is 0 Å². The van der Waals surface area contributed by atoms with Gasteiger partial charge in [-0.15, -0.1) is 0 Å². The number of hydrogen-bond acceptors (Lipinski definition) is 3. The van der Waals surface area contributed by atoms with Gasteiger partial charge in [-0.2, -0.15) is 0 Å². The molecular formula is C12H24N2O. The summed E-state index contributed by atoms with van der Waals surface area (Å²) in [4.78, 5) is 2.48. The van der Waals surface area contributed by atoms with Crippen LogP contribution in [-0.4, -0.2) is 43.8 Å². The summed E-state index contributed by atoms with van der Waals surface area (Å²) < 4.78 is 5.51. The molecule has 1 saturated heterocycles. The van der Waals surface area contributed by atoms with Crippen molar-refractivity contribution in [2.45, 2.75) is 38.3 Å². The first-order valence-electron chi connectivity index (χ1n) is 6.21. The summed E-state index contributed by atoms with van der Waals surface area (Å²) in [5.74, 6) is 1.51. The second-order valence-corrected chi connectivity index (χ2v) is 5.30. The van der Waals surface area contributed by atoms with Crippen LogP contribution in [0.1, 0.15) is 26.2 Å². The maximum atomic E-state index is 6.15. The molecule has 2 N–H and O–H groups in total. The van der Waals surface area contributed by atoms with E-state index in [1.807, 2.05) is 7.11 Å². The standard InChI is InChI=1S/C12H24N2O/c1-9-5-6-14(8-12(9)15-2)7-11(13)10-3-4-10/h9-12H,3-8,13H2,1-2H3. The Labute approximate surface area is 93.0 Å². The Kier molecular flexibility index (Phi) is 3.65. The maximum Gasteiger partial charge on any atom is 0.0724 e. The van der Waals surface area contributed by atoms with Crippen molar-refractivity contribution in [2.75, 3.05) is 26.7 Å². The van der Waals surface area contributed by atoms with E-state index in [4.69, 9.17) is 10.5 Å². The lowest BCUT2D eigenvalue weighted by molar-refractivity contribution is -0.00690. The number of piperidine rings is 1. The number of nitrogens with two attached hydrogens (primary N) is 1. The Balaban J connectivity index is 1.77. The fourth-order valence-electron chi connectivity index (χ4n) is 2.54. The van der Waals surface area contributed by atoms with Crippen LogP contribution in [-0.2, 0) is 4.74 Å². The summed E-state index contributed by atoms with van der Waals surface area (Å²) in [5.41, 5.74) is 6.15. The van der Waals surface area contributed by atoms with Crippen LogP contribution in [0.2, 0.25) is 0 Å². The molecule has 3 nitrogen and oxygen atoms in total. The lowest BCUT2D eigenvalue weighted by Crippen LogP contribution is -2.48. The second kappa shape index (κ2) is 4.81. The third-order valence-corrected chi connectivity index (χ3v) is 3.97. The molecule has 0 bridgehead atoms. The van der Waals surface area contributed by atoms with E-state index in [1.54, 1.807) is 0 Å². The maximum absolute atomic E-state index is 6.15. The van der Waals surface area contributed by atoms with E-state index in [9.17, 15) is 0 Å². The van der Waals surface area contributed by atoms with Crippen LogP contribution >= 0.6 is 0 Å². The fraction of sp³-hybridized carbons (Fsp3) is 1.00. The summed E-state index contributed by atoms with van der Waals surface area (Å²) in [7, 11) is 1.82. The van der Waals surface area contributed by atoms with Gasteiger partial charge in [-0.3, -0.25) is 4.90 Å². The quantitative estimate of drug-likeness (QED) is 0.758. The minimum absolute atomic E-state index is 0.399. The Morgan fingerprint density at radius 1 is 1.40 bits per heavy atom. The van der Waals surface area contributed by atoms with Crippen molar-refractivity contribution in [3.63, 3.8) is 0 Å². The van der Waals surface area contributed by atoms with E-state index in [0.717, 1.165) is 19.0 Å². The van der Waals surface area contributed by atoms with Gasteiger partial charge in [-0.1, -0.05) is 6.92 Å². The highest BCUT2D eigenvalue weighted by atomic mass is 16.5. The third kappa shape index (κ3) is 2.92. The van der Waals surface area contributed by atoms with E-state index in [0.29, 0.717) is 18.1 Å². The fourth-order valence-corrected chi connectivity index (χ4v) is 2.54. The van der Waals surface area contributed by atoms with Crippen LogP contribution < -0.4 is 5.73 Å². The molecule has 1 heterocycles. The van der Waals surface area contributed by atoms with Crippen molar-refractivity contribution in [1.82, 2.24) is 4.90 Å². The molecule has 0 radical (unpaired) electrons. The Morgan fingerprint density at radius 2 is 2.13 bits per heavy atom. The van der Waals surface area contributed by atoms with Crippen molar-refractivity contribution >= 4 is 0 Å². The molecule has 88 valence electrons. The van der Waals surface area contributed by atoms with Gasteiger partial charge in [-0.05, 0) is 37.6 Å². The molecule has 1 saturated carbocycles. The van der Waals surface area contributed by atoms with Gasteiger partial charge < -0.3 is 10.5 Å². The summed E-state index contributed by atoms with van der Waals surface area (Å²) >= 11 is 0. The van der Waals surface area contributed by atoms with E-state index in [-0.39, 0.29) is 0 Å². The molecular weight excluding hydrogens is 188 g/mol. The first-order chi connectivity index (χ1) is 7.20. The molecule has 0 amide bonds. The summed E-state index contributed by atoms with van der Waals surface area (Å²) in [5, 5.41) is 0. The smallest absolute Gasteiger partial charge is 0.0724 e. The van der Waals surface area contributed by atoms with Crippen LogP contribution in [0.15, 0.2) is 0 Å². The van der Waals surface area contributed by atoms with Crippen LogP contribution in [0.25, 0.3) is 0 Å². The number of ether oxygens (including phenoxy) is 1. The molecule has 2 rings (SSSR count). The number of methoxy groups -OCH3 is 1. The van der Waals surface area contributed by atoms with Crippen LogP contribution in [0.4, 0.5) is 0 Å². The molecule has 0 spiro atoms. The van der Waals surface area contributed by atoms with E-state index in [2.05, 4.69) is 11.8 Å². The number of likely N-dealkylation sites (tertiary alicyclic amines) is 1. The summed E-state index contributed by atoms with van der Waals surface area (Å²) in [6.45, 7) is 5.61. The third-order valence-electron chi connectivity index (χ3n) is 3.97. The van der Waals surface area contributed by atoms with Crippen LogP contribution in [0, 0.1) is 11.8 Å². The zero-order chi connectivity index (χ0) is 10.8. The van der Waals surface area contributed by atoms with Crippen LogP contribution in [0.5, 0.6) is 0 Å². The highest BCUT2D eigenvalue weighted by Gasteiger charge is 2.32. The highest BCUT2D eigenvalue weighted by Crippen LogP contribution is 2.32. The van der Waals surface area contributed by atoms with Gasteiger partial charge in [0.2, 0.25) is 0 Å². The van der Waals surface area contributed by atoms with Crippen LogP contribution in [0.3, 0.4) is 0 Å². The molecule has 3 unspecified atom stereocenters. The minimum atomic E-state index is 0.399. The van der Waals surface area contributed by atoms with Gasteiger partial charge in [0.15, 0.2) is 0 Å². The molecule has 2 fully saturated rings. The van der Waals surface area contributed by atoms with Gasteiger partial charge in [-0.25, -0.2) is 0 Å². The van der Waals surface area contributed by atoms with E-state index in [1.165, 1.54) is 25.8 Å². The second-order valence-electron chi connectivity index (χ2n) is 5.30. The number of nitrogens with zero attached hydrogens (tertiary/aromatic N) is 1. The first-order valence-corrected chi connectivity index (χ1v) is 6.21. The lowest BCUT2D eigenvalue weighted by Gasteiger charge is -2.37. The van der Waals surface area contributed by atoms with Gasteiger partial charge in [0.1, 0.15) is 0 Å². The molecule has 0 aromatic rings. The van der Waals surface area contributed by atoms with Crippen molar-refractivity contribution < 1.29 is 4.74 Å². The average molecular weight is 212 g/mol. The van der Waals surface area contributed by atoms with Crippen molar-refractivity contribution in [3.8, 4) is 0 Å². The molecule has 3 atom stereocenters. The Bertz CT molecular complexity index is 204. The van der Waals surface area contributed by atoms with Crippen molar-refractivity contribution in [2.24, 2.45) is 17.6 Å². The van der Waals surface area contributed by atoms with Gasteiger partial charge in [0.05, 0.1) is 6.10 Å². The molecule has 3 heteroatoms. The lowest BCUT2D eigenvalue weighted by atomic mass is 9.95. The summed E-state index contributed by atoms with van der Waals surface area (Å²) in [6, 6.07) is 0.399. The molecule has 0 aromatic carbocycles. The number of rotatable bonds is 4. The topological polar surface area (TPSA) is 38.5 Å². The first kappa shape index (κ1) is 11.4. The largest absolute Gasteiger partial charge is 0.380 e. The molecule has 1 aliphatic carbocycles. The zero-order valence-corrected chi connectivity index (χ0v) is 9.98. The average Bonchev–Trinajstić information content (AvgIpc) is 3.04. The molecule has 15 heavy (non-hydrogen) atoms. The monoisotopic (exact) mass is 212 g/mol. The van der Waals surface area contributed by atoms with E-state index >= 15 is 0 Å². The number of hydrogen-bond donors (Lipinski definition) is 1. The van der Waals surface area contributed by atoms with Gasteiger partial charge >= 0.3 is 0 Å².